The van der Waals surface area contributed by atoms with Crippen molar-refractivity contribution in [3.63, 3.8) is 0 Å². The molecule has 1 aliphatic heterocycles. The second-order valence-corrected chi connectivity index (χ2v) is 7.70. The summed E-state index contributed by atoms with van der Waals surface area (Å²) in [5, 5.41) is 0. The van der Waals surface area contributed by atoms with E-state index >= 15 is 0 Å². The van der Waals surface area contributed by atoms with Crippen LogP contribution in [0.5, 0.6) is 5.75 Å². The first kappa shape index (κ1) is 23.2. The van der Waals surface area contributed by atoms with Gasteiger partial charge in [0.25, 0.3) is 6.43 Å². The van der Waals surface area contributed by atoms with Crippen LogP contribution in [0.1, 0.15) is 29.8 Å². The Kier molecular flexibility index (Phi) is 6.49. The number of fused-ring (bicyclic) bond motifs is 5. The highest BCUT2D eigenvalue weighted by Crippen LogP contribution is 2.36. The number of nitrogens with two attached hydrogens (primary N) is 2. The van der Waals surface area contributed by atoms with Gasteiger partial charge in [-0.25, -0.2) is 22.5 Å². The third-order valence-electron chi connectivity index (χ3n) is 5.39. The Morgan fingerprint density at radius 1 is 1.12 bits per heavy atom. The van der Waals surface area contributed by atoms with E-state index in [1.807, 2.05) is 0 Å². The number of nitrogen functional groups attached to an aromatic ring is 1. The van der Waals surface area contributed by atoms with Gasteiger partial charge in [0.15, 0.2) is 11.6 Å². The first-order chi connectivity index (χ1) is 16.3. The number of ether oxygens (including phenoxy) is 1. The summed E-state index contributed by atoms with van der Waals surface area (Å²) in [5.41, 5.74) is 14.4. The Morgan fingerprint density at radius 2 is 1.91 bits per heavy atom. The first-order valence-corrected chi connectivity index (χ1v) is 10.4. The zero-order chi connectivity index (χ0) is 24.4. The highest BCUT2D eigenvalue weighted by atomic mass is 19.3. The molecule has 1 aromatic carbocycles. The molecule has 176 valence electrons. The van der Waals surface area contributed by atoms with E-state index in [1.165, 1.54) is 42.7 Å². The van der Waals surface area contributed by atoms with Gasteiger partial charge in [0.05, 0.1) is 17.6 Å². The number of pyridine rings is 2. The van der Waals surface area contributed by atoms with Crippen molar-refractivity contribution in [1.29, 1.82) is 0 Å². The molecule has 0 amide bonds. The second kappa shape index (κ2) is 9.50. The van der Waals surface area contributed by atoms with Crippen molar-refractivity contribution in [2.45, 2.75) is 25.9 Å². The number of aliphatic imine (C=N–C) groups is 1. The fourth-order valence-corrected chi connectivity index (χ4v) is 3.83. The van der Waals surface area contributed by atoms with E-state index in [2.05, 4.69) is 15.0 Å². The van der Waals surface area contributed by atoms with Gasteiger partial charge < -0.3 is 16.2 Å². The van der Waals surface area contributed by atoms with Gasteiger partial charge in [-0.2, -0.15) is 0 Å². The summed E-state index contributed by atoms with van der Waals surface area (Å²) < 4.78 is 60.5. The van der Waals surface area contributed by atoms with Crippen LogP contribution >= 0.6 is 0 Å². The molecule has 0 aliphatic carbocycles. The summed E-state index contributed by atoms with van der Waals surface area (Å²) in [7, 11) is 0. The van der Waals surface area contributed by atoms with Gasteiger partial charge in [0.2, 0.25) is 0 Å². The average Bonchev–Trinajstić information content (AvgIpc) is 2.80. The number of halogens is 4. The van der Waals surface area contributed by atoms with Crippen LogP contribution in [0.3, 0.4) is 0 Å². The highest BCUT2D eigenvalue weighted by Gasteiger charge is 2.23. The average molecular weight is 471 g/mol. The normalized spacial score (nSPS) is 18.1. The molecule has 6 nitrogen and oxygen atoms in total. The number of rotatable bonds is 2. The molecule has 2 aromatic heterocycles. The SMILES string of the molecule is C[C@H]1Oc2cc(cnc2N)C(=NCC(F)F)C(=CN)Cc2ncc(F)cc2-c2ccc(F)cc21. The molecule has 0 saturated carbocycles. The van der Waals surface area contributed by atoms with Crippen molar-refractivity contribution in [3.05, 3.63) is 83.0 Å². The molecule has 10 heteroatoms. The summed E-state index contributed by atoms with van der Waals surface area (Å²) in [4.78, 5) is 12.4. The quantitative estimate of drug-likeness (QED) is 0.533. The third kappa shape index (κ3) is 4.70. The summed E-state index contributed by atoms with van der Waals surface area (Å²) >= 11 is 0. The van der Waals surface area contributed by atoms with Crippen molar-refractivity contribution < 1.29 is 22.3 Å². The number of anilines is 1. The summed E-state index contributed by atoms with van der Waals surface area (Å²) in [6.45, 7) is 0.912. The van der Waals surface area contributed by atoms with Gasteiger partial charge in [0.1, 0.15) is 24.3 Å². The van der Waals surface area contributed by atoms with Crippen LogP contribution in [-0.4, -0.2) is 28.6 Å². The van der Waals surface area contributed by atoms with E-state index in [0.29, 0.717) is 33.5 Å². The lowest BCUT2D eigenvalue weighted by molar-refractivity contribution is 0.159. The molecule has 1 aliphatic rings. The summed E-state index contributed by atoms with van der Waals surface area (Å²) in [6, 6.07) is 6.84. The van der Waals surface area contributed by atoms with Crippen LogP contribution in [0.4, 0.5) is 23.4 Å². The summed E-state index contributed by atoms with van der Waals surface area (Å²) in [5.74, 6) is -0.904. The van der Waals surface area contributed by atoms with Crippen LogP contribution < -0.4 is 16.2 Å². The van der Waals surface area contributed by atoms with Gasteiger partial charge in [0, 0.05) is 29.3 Å². The van der Waals surface area contributed by atoms with E-state index in [-0.39, 0.29) is 23.7 Å². The number of hydrogen-bond acceptors (Lipinski definition) is 6. The standard InChI is InChI=1S/C24H21F4N5O/c1-12-18-6-15(25)2-3-17(18)19-7-16(26)10-31-20(19)4-13(8-29)23(32-11-22(27)28)14-5-21(34-12)24(30)33-9-14/h2-3,5-10,12,22H,4,11,29H2,1H3,(H2,30,33)/t12-/m1/s1. The lowest BCUT2D eigenvalue weighted by Gasteiger charge is -2.23. The first-order valence-electron chi connectivity index (χ1n) is 10.4. The molecule has 2 bridgehead atoms. The second-order valence-electron chi connectivity index (χ2n) is 7.70. The largest absolute Gasteiger partial charge is 0.482 e. The van der Waals surface area contributed by atoms with Gasteiger partial charge in [-0.1, -0.05) is 6.07 Å². The van der Waals surface area contributed by atoms with E-state index in [9.17, 15) is 17.6 Å². The van der Waals surface area contributed by atoms with Crippen molar-refractivity contribution in [3.8, 4) is 16.9 Å². The van der Waals surface area contributed by atoms with E-state index in [4.69, 9.17) is 16.2 Å². The van der Waals surface area contributed by atoms with E-state index in [1.54, 1.807) is 6.92 Å². The van der Waals surface area contributed by atoms with Gasteiger partial charge in [-0.15, -0.1) is 0 Å². The van der Waals surface area contributed by atoms with Crippen LogP contribution in [0.15, 0.2) is 59.5 Å². The minimum atomic E-state index is -2.69. The highest BCUT2D eigenvalue weighted by molar-refractivity contribution is 6.13. The monoisotopic (exact) mass is 471 g/mol. The number of hydrogen-bond donors (Lipinski definition) is 2. The molecule has 0 radical (unpaired) electrons. The summed E-state index contributed by atoms with van der Waals surface area (Å²) in [6.07, 6.45) is 0.272. The fourth-order valence-electron chi connectivity index (χ4n) is 3.83. The van der Waals surface area contributed by atoms with Crippen molar-refractivity contribution >= 4 is 11.5 Å². The predicted molar refractivity (Wildman–Crippen MR) is 121 cm³/mol. The van der Waals surface area contributed by atoms with Crippen molar-refractivity contribution in [2.24, 2.45) is 10.7 Å². The molecule has 4 rings (SSSR count). The minimum absolute atomic E-state index is 0.0416. The molecule has 0 spiro atoms. The lowest BCUT2D eigenvalue weighted by Crippen LogP contribution is -2.16. The Balaban J connectivity index is 2.00. The van der Waals surface area contributed by atoms with Crippen LogP contribution in [-0.2, 0) is 6.42 Å². The number of nitrogens with zero attached hydrogens (tertiary/aromatic N) is 3. The molecule has 34 heavy (non-hydrogen) atoms. The van der Waals surface area contributed by atoms with Gasteiger partial charge in [-0.3, -0.25) is 9.98 Å². The van der Waals surface area contributed by atoms with Crippen molar-refractivity contribution in [1.82, 2.24) is 9.97 Å². The molecule has 1 atom stereocenters. The number of aromatic nitrogens is 2. The molecule has 0 fully saturated rings. The van der Waals surface area contributed by atoms with Crippen LogP contribution in [0, 0.1) is 11.6 Å². The lowest BCUT2D eigenvalue weighted by atomic mass is 9.91. The number of benzene rings is 1. The van der Waals surface area contributed by atoms with Gasteiger partial charge in [-0.05, 0) is 48.5 Å². The Hall–Kier alpha value is -3.95. The maximum Gasteiger partial charge on any atom is 0.257 e. The maximum absolute atomic E-state index is 14.3. The molecule has 0 saturated heterocycles. The zero-order valence-electron chi connectivity index (χ0n) is 18.1. The molecule has 4 N–H and O–H groups in total. The van der Waals surface area contributed by atoms with E-state index < -0.39 is 30.7 Å². The molecule has 3 heterocycles. The Morgan fingerprint density at radius 3 is 2.65 bits per heavy atom. The van der Waals surface area contributed by atoms with Crippen LogP contribution in [0.2, 0.25) is 0 Å². The fraction of sp³-hybridized carbons (Fsp3) is 0.208. The Bertz CT molecular complexity index is 1290. The molecule has 3 aromatic rings. The third-order valence-corrected chi connectivity index (χ3v) is 5.39. The molecular weight excluding hydrogens is 450 g/mol. The Labute approximate surface area is 193 Å². The molecule has 0 unspecified atom stereocenters. The van der Waals surface area contributed by atoms with Crippen molar-refractivity contribution in [2.75, 3.05) is 12.3 Å². The topological polar surface area (TPSA) is 99.4 Å². The van der Waals surface area contributed by atoms with Gasteiger partial charge >= 0.3 is 0 Å². The van der Waals surface area contributed by atoms with E-state index in [0.717, 1.165) is 6.20 Å². The molecular formula is C24H21F4N5O. The van der Waals surface area contributed by atoms with Crippen LogP contribution in [0.25, 0.3) is 11.1 Å². The predicted octanol–water partition coefficient (Wildman–Crippen LogP) is 4.60. The smallest absolute Gasteiger partial charge is 0.257 e. The minimum Gasteiger partial charge on any atom is -0.482 e. The zero-order valence-corrected chi connectivity index (χ0v) is 18.1. The number of allylic oxidation sites excluding steroid dienone is 1. The maximum atomic E-state index is 14.3. The number of alkyl halides is 2.